The second-order valence-electron chi connectivity index (χ2n) is 4.46. The maximum absolute atomic E-state index is 12.3. The third kappa shape index (κ3) is 1.76. The molecule has 0 unspecified atom stereocenters. The molecule has 0 radical (unpaired) electrons. The van der Waals surface area contributed by atoms with Gasteiger partial charge in [-0.3, -0.25) is 4.57 Å². The fourth-order valence-corrected chi connectivity index (χ4v) is 2.29. The average molecular weight is 274 g/mol. The van der Waals surface area contributed by atoms with E-state index < -0.39 is 0 Å². The van der Waals surface area contributed by atoms with Gasteiger partial charge in [0.2, 0.25) is 0 Å². The van der Waals surface area contributed by atoms with E-state index in [-0.39, 0.29) is 5.69 Å². The third-order valence-electron chi connectivity index (χ3n) is 3.23. The second kappa shape index (κ2) is 4.24. The van der Waals surface area contributed by atoms with E-state index in [1.54, 1.807) is 28.4 Å². The number of rotatable bonds is 1. The molecule has 19 heavy (non-hydrogen) atoms. The second-order valence-corrected chi connectivity index (χ2v) is 4.86. The number of pyridine rings is 1. The van der Waals surface area contributed by atoms with Gasteiger partial charge in [0.15, 0.2) is 5.65 Å². The van der Waals surface area contributed by atoms with Crippen molar-refractivity contribution < 1.29 is 0 Å². The van der Waals surface area contributed by atoms with Gasteiger partial charge in [0.25, 0.3) is 0 Å². The highest BCUT2D eigenvalue weighted by Gasteiger charge is 2.13. The number of halogens is 1. The summed E-state index contributed by atoms with van der Waals surface area (Å²) in [4.78, 5) is 16.6. The molecule has 0 bridgehead atoms. The van der Waals surface area contributed by atoms with Crippen molar-refractivity contribution in [2.75, 3.05) is 0 Å². The molecule has 0 N–H and O–H groups in total. The number of imidazole rings is 1. The molecule has 0 saturated carbocycles. The van der Waals surface area contributed by atoms with Crippen molar-refractivity contribution in [3.8, 4) is 5.69 Å². The third-order valence-corrected chi connectivity index (χ3v) is 3.64. The lowest BCUT2D eigenvalue weighted by molar-refractivity contribution is 0.845. The lowest BCUT2D eigenvalue weighted by Crippen LogP contribution is -2.20. The Kier molecular flexibility index (Phi) is 2.68. The Morgan fingerprint density at radius 3 is 2.79 bits per heavy atom. The Bertz CT molecular complexity index is 832. The molecule has 1 aromatic carbocycles. The molecular formula is C14H12ClN3O. The van der Waals surface area contributed by atoms with Gasteiger partial charge in [-0.2, -0.15) is 0 Å². The average Bonchev–Trinajstić information content (AvgIpc) is 2.66. The van der Waals surface area contributed by atoms with Crippen molar-refractivity contribution in [1.82, 2.24) is 14.1 Å². The van der Waals surface area contributed by atoms with Crippen LogP contribution in [-0.4, -0.2) is 14.1 Å². The summed E-state index contributed by atoms with van der Waals surface area (Å²) in [5.74, 6) is 0. The predicted octanol–water partition coefficient (Wildman–Crippen LogP) is 2.69. The molecule has 0 aliphatic rings. The monoisotopic (exact) mass is 273 g/mol. The molecule has 96 valence electrons. The smallest absolute Gasteiger partial charge is 0.293 e. The molecule has 0 amide bonds. The summed E-state index contributed by atoms with van der Waals surface area (Å²) in [5.41, 5.74) is 3.00. The van der Waals surface area contributed by atoms with Crippen molar-refractivity contribution in [2.24, 2.45) is 7.05 Å². The maximum Gasteiger partial charge on any atom is 0.334 e. The number of hydrogen-bond donors (Lipinski definition) is 0. The van der Waals surface area contributed by atoms with Gasteiger partial charge in [-0.15, -0.1) is 0 Å². The standard InChI is InChI=1S/C14H12ClN3O/c1-9-5-6-10(8-11(9)15)18-13-12(4-3-7-16-13)17(2)14(18)19/h3-8H,1-2H3. The van der Waals surface area contributed by atoms with E-state index in [0.717, 1.165) is 16.8 Å². The molecule has 3 aromatic rings. The minimum Gasteiger partial charge on any atom is -0.293 e. The van der Waals surface area contributed by atoms with Gasteiger partial charge in [-0.05, 0) is 36.8 Å². The number of benzene rings is 1. The van der Waals surface area contributed by atoms with Gasteiger partial charge in [0.1, 0.15) is 0 Å². The molecule has 0 aliphatic heterocycles. The number of aryl methyl sites for hydroxylation is 2. The summed E-state index contributed by atoms with van der Waals surface area (Å²) in [6.45, 7) is 1.93. The molecule has 0 saturated heterocycles. The van der Waals surface area contributed by atoms with Crippen LogP contribution in [0.5, 0.6) is 0 Å². The van der Waals surface area contributed by atoms with Crippen molar-refractivity contribution in [3.05, 3.63) is 57.6 Å². The van der Waals surface area contributed by atoms with Crippen LogP contribution in [0, 0.1) is 6.92 Å². The van der Waals surface area contributed by atoms with E-state index in [4.69, 9.17) is 11.6 Å². The van der Waals surface area contributed by atoms with Crippen LogP contribution in [-0.2, 0) is 7.05 Å². The highest BCUT2D eigenvalue weighted by molar-refractivity contribution is 6.31. The van der Waals surface area contributed by atoms with E-state index in [9.17, 15) is 4.79 Å². The summed E-state index contributed by atoms with van der Waals surface area (Å²) >= 11 is 6.13. The Morgan fingerprint density at radius 1 is 1.26 bits per heavy atom. The minimum atomic E-state index is -0.131. The van der Waals surface area contributed by atoms with Crippen LogP contribution in [0.2, 0.25) is 5.02 Å². The molecular weight excluding hydrogens is 262 g/mol. The van der Waals surface area contributed by atoms with Crippen LogP contribution >= 0.6 is 11.6 Å². The predicted molar refractivity (Wildman–Crippen MR) is 76.1 cm³/mol. The molecule has 0 aliphatic carbocycles. The van der Waals surface area contributed by atoms with Crippen LogP contribution < -0.4 is 5.69 Å². The zero-order chi connectivity index (χ0) is 13.6. The van der Waals surface area contributed by atoms with Gasteiger partial charge in [-0.25, -0.2) is 14.3 Å². The lowest BCUT2D eigenvalue weighted by atomic mass is 10.2. The quantitative estimate of drug-likeness (QED) is 0.684. The van der Waals surface area contributed by atoms with Crippen molar-refractivity contribution in [2.45, 2.75) is 6.92 Å². The summed E-state index contributed by atoms with van der Waals surface area (Å²) in [7, 11) is 1.73. The van der Waals surface area contributed by atoms with Crippen LogP contribution in [0.4, 0.5) is 0 Å². The largest absolute Gasteiger partial charge is 0.334 e. The summed E-state index contributed by atoms with van der Waals surface area (Å²) in [5, 5.41) is 0.636. The first-order valence-electron chi connectivity index (χ1n) is 5.88. The summed E-state index contributed by atoms with van der Waals surface area (Å²) < 4.78 is 3.15. The molecule has 5 heteroatoms. The van der Waals surface area contributed by atoms with Crippen LogP contribution in [0.3, 0.4) is 0 Å². The molecule has 0 fully saturated rings. The fourth-order valence-electron chi connectivity index (χ4n) is 2.12. The van der Waals surface area contributed by atoms with Gasteiger partial charge >= 0.3 is 5.69 Å². The maximum atomic E-state index is 12.3. The Morgan fingerprint density at radius 2 is 2.05 bits per heavy atom. The Labute approximate surface area is 114 Å². The molecule has 4 nitrogen and oxygen atoms in total. The Balaban J connectivity index is 2.39. The molecule has 0 atom stereocenters. The first kappa shape index (κ1) is 12.0. The lowest BCUT2D eigenvalue weighted by Gasteiger charge is -2.04. The van der Waals surface area contributed by atoms with E-state index in [1.165, 1.54) is 0 Å². The van der Waals surface area contributed by atoms with Gasteiger partial charge < -0.3 is 0 Å². The zero-order valence-electron chi connectivity index (χ0n) is 10.6. The number of aromatic nitrogens is 3. The molecule has 2 aromatic heterocycles. The topological polar surface area (TPSA) is 39.8 Å². The van der Waals surface area contributed by atoms with Crippen molar-refractivity contribution in [3.63, 3.8) is 0 Å². The molecule has 0 spiro atoms. The zero-order valence-corrected chi connectivity index (χ0v) is 11.3. The first-order valence-corrected chi connectivity index (χ1v) is 6.26. The molecule has 2 heterocycles. The SMILES string of the molecule is Cc1ccc(-n2c(=O)n(C)c3cccnc32)cc1Cl. The highest BCUT2D eigenvalue weighted by atomic mass is 35.5. The number of fused-ring (bicyclic) bond motifs is 1. The minimum absolute atomic E-state index is 0.131. The van der Waals surface area contributed by atoms with Crippen molar-refractivity contribution in [1.29, 1.82) is 0 Å². The summed E-state index contributed by atoms with van der Waals surface area (Å²) in [6.07, 6.45) is 1.67. The van der Waals surface area contributed by atoms with Crippen LogP contribution in [0.1, 0.15) is 5.56 Å². The van der Waals surface area contributed by atoms with E-state index in [0.29, 0.717) is 10.7 Å². The van der Waals surface area contributed by atoms with E-state index in [2.05, 4.69) is 4.98 Å². The Hall–Kier alpha value is -2.07. The highest BCUT2D eigenvalue weighted by Crippen LogP contribution is 2.21. The van der Waals surface area contributed by atoms with E-state index >= 15 is 0 Å². The summed E-state index contributed by atoms with van der Waals surface area (Å²) in [6, 6.07) is 9.24. The van der Waals surface area contributed by atoms with Crippen molar-refractivity contribution >= 4 is 22.8 Å². The number of hydrogen-bond acceptors (Lipinski definition) is 2. The van der Waals surface area contributed by atoms with E-state index in [1.807, 2.05) is 31.2 Å². The van der Waals surface area contributed by atoms with Gasteiger partial charge in [-0.1, -0.05) is 17.7 Å². The van der Waals surface area contributed by atoms with Crippen LogP contribution in [0.15, 0.2) is 41.3 Å². The van der Waals surface area contributed by atoms with Gasteiger partial charge in [0, 0.05) is 18.3 Å². The molecule has 3 rings (SSSR count). The number of nitrogens with zero attached hydrogens (tertiary/aromatic N) is 3. The normalized spacial score (nSPS) is 11.1. The van der Waals surface area contributed by atoms with Gasteiger partial charge in [0.05, 0.1) is 11.2 Å². The fraction of sp³-hybridized carbons (Fsp3) is 0.143. The first-order chi connectivity index (χ1) is 9.09. The van der Waals surface area contributed by atoms with Crippen LogP contribution in [0.25, 0.3) is 16.9 Å².